The number of carbonyl (C=O) groups excluding carboxylic acids is 3. The number of nitrogens with one attached hydrogen (secondary N) is 1. The molecule has 192 valence electrons. The maximum absolute atomic E-state index is 13.9. The summed E-state index contributed by atoms with van der Waals surface area (Å²) in [7, 11) is 2.97. The first kappa shape index (κ1) is 26.5. The molecule has 2 aromatic heterocycles. The van der Waals surface area contributed by atoms with Gasteiger partial charge >= 0.3 is 0 Å². The third-order valence-corrected chi connectivity index (χ3v) is 5.96. The zero-order valence-electron chi connectivity index (χ0n) is 20.7. The summed E-state index contributed by atoms with van der Waals surface area (Å²) in [6.07, 6.45) is 1.46. The fourth-order valence-electron chi connectivity index (χ4n) is 3.54. The number of rotatable bonds is 9. The van der Waals surface area contributed by atoms with Crippen LogP contribution in [0.3, 0.4) is 0 Å². The third kappa shape index (κ3) is 5.77. The summed E-state index contributed by atoms with van der Waals surface area (Å²) >= 11 is 0.731. The van der Waals surface area contributed by atoms with Gasteiger partial charge in [-0.15, -0.1) is 0 Å². The number of ether oxygens (including phenoxy) is 2. The molecule has 5 N–H and O–H groups in total. The minimum Gasteiger partial charge on any atom is -0.493 e. The number of carbonyl (C=O) groups is 3. The molecule has 0 spiro atoms. The van der Waals surface area contributed by atoms with Crippen LogP contribution in [0.1, 0.15) is 58.3 Å². The molecule has 0 fully saturated rings. The van der Waals surface area contributed by atoms with Gasteiger partial charge in [0.2, 0.25) is 5.91 Å². The molecule has 0 radical (unpaired) electrons. The third-order valence-electron chi connectivity index (χ3n) is 5.10. The standard InChI is InChI=1S/C24H29N5O6S/c1-24(2,3)27-22(31)19(13-8-9-15(33-4)16(11-13)34-5)29(12-14-7-6-10-35-14)23(32)20-17(25)18(21(26)30)28-36-20/h6-11,19H,12,25H2,1-5H3,(H2,26,30)(H,27,31). The number of nitrogens with two attached hydrogens (primary N) is 2. The average Bonchev–Trinajstić information content (AvgIpc) is 3.46. The van der Waals surface area contributed by atoms with Crippen molar-refractivity contribution in [3.8, 4) is 11.5 Å². The number of primary amides is 1. The molecule has 3 rings (SSSR count). The van der Waals surface area contributed by atoms with Crippen molar-refractivity contribution in [2.75, 3.05) is 20.0 Å². The smallest absolute Gasteiger partial charge is 0.270 e. The second-order valence-corrected chi connectivity index (χ2v) is 9.68. The highest BCUT2D eigenvalue weighted by Crippen LogP contribution is 2.35. The van der Waals surface area contributed by atoms with E-state index in [0.29, 0.717) is 22.8 Å². The fourth-order valence-corrected chi connectivity index (χ4v) is 4.31. The van der Waals surface area contributed by atoms with Gasteiger partial charge in [-0.3, -0.25) is 14.4 Å². The highest BCUT2D eigenvalue weighted by atomic mass is 32.1. The Morgan fingerprint density at radius 1 is 1.17 bits per heavy atom. The van der Waals surface area contributed by atoms with Crippen molar-refractivity contribution in [1.29, 1.82) is 0 Å². The quantitative estimate of drug-likeness (QED) is 0.392. The molecule has 3 aromatic rings. The highest BCUT2D eigenvalue weighted by molar-refractivity contribution is 7.09. The summed E-state index contributed by atoms with van der Waals surface area (Å²) in [5.74, 6) is -0.677. The molecule has 0 aliphatic heterocycles. The Morgan fingerprint density at radius 2 is 1.86 bits per heavy atom. The van der Waals surface area contributed by atoms with Gasteiger partial charge in [-0.2, -0.15) is 4.37 Å². The van der Waals surface area contributed by atoms with E-state index in [1.54, 1.807) is 30.3 Å². The number of amides is 3. The number of methoxy groups -OCH3 is 2. The molecule has 1 aromatic carbocycles. The molecule has 0 aliphatic rings. The molecule has 36 heavy (non-hydrogen) atoms. The molecular weight excluding hydrogens is 486 g/mol. The summed E-state index contributed by atoms with van der Waals surface area (Å²) < 4.78 is 20.2. The summed E-state index contributed by atoms with van der Waals surface area (Å²) in [4.78, 5) is 40.5. The van der Waals surface area contributed by atoms with Crippen LogP contribution in [0.5, 0.6) is 11.5 Å². The van der Waals surface area contributed by atoms with E-state index < -0.39 is 29.3 Å². The largest absolute Gasteiger partial charge is 0.493 e. The van der Waals surface area contributed by atoms with Gasteiger partial charge in [-0.25, -0.2) is 0 Å². The topological polar surface area (TPSA) is 163 Å². The Balaban J connectivity index is 2.19. The number of nitrogen functional groups attached to an aromatic ring is 1. The van der Waals surface area contributed by atoms with Crippen molar-refractivity contribution in [3.05, 3.63) is 58.5 Å². The molecule has 12 heteroatoms. The lowest BCUT2D eigenvalue weighted by Crippen LogP contribution is -2.49. The molecule has 0 aliphatic carbocycles. The lowest BCUT2D eigenvalue weighted by atomic mass is 10.0. The van der Waals surface area contributed by atoms with Gasteiger partial charge < -0.3 is 35.6 Å². The van der Waals surface area contributed by atoms with Gasteiger partial charge in [0.15, 0.2) is 17.2 Å². The van der Waals surface area contributed by atoms with Crippen LogP contribution < -0.4 is 26.3 Å². The number of nitrogens with zero attached hydrogens (tertiary/aromatic N) is 2. The molecule has 0 bridgehead atoms. The predicted octanol–water partition coefficient (Wildman–Crippen LogP) is 2.73. The molecule has 11 nitrogen and oxygen atoms in total. The van der Waals surface area contributed by atoms with E-state index in [4.69, 9.17) is 25.4 Å². The second-order valence-electron chi connectivity index (χ2n) is 8.91. The molecule has 0 saturated carbocycles. The Hall–Kier alpha value is -4.06. The van der Waals surface area contributed by atoms with Gasteiger partial charge in [0.1, 0.15) is 16.7 Å². The van der Waals surface area contributed by atoms with Crippen LogP contribution in [0.2, 0.25) is 0 Å². The van der Waals surface area contributed by atoms with E-state index in [1.165, 1.54) is 25.4 Å². The molecular formula is C24H29N5O6S. The first-order valence-corrected chi connectivity index (χ1v) is 11.7. The highest BCUT2D eigenvalue weighted by Gasteiger charge is 2.37. The van der Waals surface area contributed by atoms with Crippen LogP contribution in [0.4, 0.5) is 5.69 Å². The molecule has 2 heterocycles. The average molecular weight is 516 g/mol. The van der Waals surface area contributed by atoms with Crippen molar-refractivity contribution in [2.45, 2.75) is 38.9 Å². The van der Waals surface area contributed by atoms with Crippen molar-refractivity contribution < 1.29 is 28.3 Å². The van der Waals surface area contributed by atoms with Crippen molar-refractivity contribution in [3.63, 3.8) is 0 Å². The van der Waals surface area contributed by atoms with Gasteiger partial charge in [0.25, 0.3) is 11.8 Å². The predicted molar refractivity (Wildman–Crippen MR) is 134 cm³/mol. The zero-order chi connectivity index (χ0) is 26.6. The van der Waals surface area contributed by atoms with Crippen LogP contribution in [0.25, 0.3) is 0 Å². The number of hydrogen-bond donors (Lipinski definition) is 3. The Kier molecular flexibility index (Phi) is 7.88. The Morgan fingerprint density at radius 3 is 2.39 bits per heavy atom. The van der Waals surface area contributed by atoms with Gasteiger partial charge in [0, 0.05) is 5.54 Å². The van der Waals surface area contributed by atoms with E-state index in [2.05, 4.69) is 9.69 Å². The number of benzene rings is 1. The number of hydrogen-bond acceptors (Lipinski definition) is 9. The van der Waals surface area contributed by atoms with Gasteiger partial charge in [0.05, 0.1) is 32.7 Å². The lowest BCUT2D eigenvalue weighted by molar-refractivity contribution is -0.127. The molecule has 1 atom stereocenters. The summed E-state index contributed by atoms with van der Waals surface area (Å²) in [5, 5.41) is 2.94. The SMILES string of the molecule is COc1ccc(C(C(=O)NC(C)(C)C)N(Cc2ccco2)C(=O)c2snc(C(N)=O)c2N)cc1OC. The maximum atomic E-state index is 13.9. The van der Waals surface area contributed by atoms with E-state index >= 15 is 0 Å². The van der Waals surface area contributed by atoms with E-state index in [-0.39, 0.29) is 22.8 Å². The summed E-state index contributed by atoms with van der Waals surface area (Å²) in [6, 6.07) is 7.15. The number of furan rings is 1. The monoisotopic (exact) mass is 515 g/mol. The number of anilines is 1. The Labute approximate surface area is 212 Å². The van der Waals surface area contributed by atoms with Gasteiger partial charge in [-0.05, 0) is 62.1 Å². The van der Waals surface area contributed by atoms with Crippen molar-refractivity contribution in [1.82, 2.24) is 14.6 Å². The first-order chi connectivity index (χ1) is 17.0. The van der Waals surface area contributed by atoms with Crippen molar-refractivity contribution >= 4 is 34.9 Å². The van der Waals surface area contributed by atoms with Crippen LogP contribution >= 0.6 is 11.5 Å². The summed E-state index contributed by atoms with van der Waals surface area (Å²) in [6.45, 7) is 5.41. The zero-order valence-corrected chi connectivity index (χ0v) is 21.5. The van der Waals surface area contributed by atoms with Crippen LogP contribution in [-0.2, 0) is 11.3 Å². The number of aromatic nitrogens is 1. The maximum Gasteiger partial charge on any atom is 0.270 e. The normalized spacial score (nSPS) is 12.0. The molecule has 0 saturated heterocycles. The summed E-state index contributed by atoms with van der Waals surface area (Å²) in [5.41, 5.74) is 10.9. The van der Waals surface area contributed by atoms with E-state index in [9.17, 15) is 14.4 Å². The second kappa shape index (κ2) is 10.7. The fraction of sp³-hybridized carbons (Fsp3) is 0.333. The molecule has 3 amide bonds. The van der Waals surface area contributed by atoms with E-state index in [1.807, 2.05) is 20.8 Å². The lowest BCUT2D eigenvalue weighted by Gasteiger charge is -2.33. The minimum atomic E-state index is -1.14. The minimum absolute atomic E-state index is 0.0237. The Bertz CT molecular complexity index is 1250. The van der Waals surface area contributed by atoms with Crippen LogP contribution in [-0.4, -0.2) is 46.8 Å². The molecule has 1 unspecified atom stereocenters. The van der Waals surface area contributed by atoms with Crippen molar-refractivity contribution in [2.24, 2.45) is 5.73 Å². The van der Waals surface area contributed by atoms with Gasteiger partial charge in [-0.1, -0.05) is 6.07 Å². The van der Waals surface area contributed by atoms with Crippen LogP contribution in [0, 0.1) is 0 Å². The van der Waals surface area contributed by atoms with E-state index in [0.717, 1.165) is 11.5 Å². The first-order valence-electron chi connectivity index (χ1n) is 10.9. The van der Waals surface area contributed by atoms with Crippen LogP contribution in [0.15, 0.2) is 41.0 Å².